The van der Waals surface area contributed by atoms with Gasteiger partial charge in [-0.25, -0.2) is 14.2 Å². The molecule has 4 aliphatic rings. The fourth-order valence-electron chi connectivity index (χ4n) is 5.73. The van der Waals surface area contributed by atoms with Gasteiger partial charge in [-0.2, -0.15) is 0 Å². The zero-order chi connectivity index (χ0) is 20.7. The molecule has 170 valence electrons. The van der Waals surface area contributed by atoms with Crippen molar-refractivity contribution in [1.82, 2.24) is 15.3 Å². The molecule has 0 bridgehead atoms. The third-order valence-corrected chi connectivity index (χ3v) is 7.45. The Hall–Kier alpha value is -1.70. The van der Waals surface area contributed by atoms with Crippen LogP contribution in [-0.4, -0.2) is 53.8 Å². The minimum absolute atomic E-state index is 0. The van der Waals surface area contributed by atoms with Crippen LogP contribution in [-0.2, 0) is 15.1 Å². The van der Waals surface area contributed by atoms with E-state index in [4.69, 9.17) is 4.74 Å². The first-order valence-electron chi connectivity index (χ1n) is 11.3. The molecule has 31 heavy (non-hydrogen) atoms. The Morgan fingerprint density at radius 1 is 1.13 bits per heavy atom. The van der Waals surface area contributed by atoms with Gasteiger partial charge in [0.05, 0.1) is 5.56 Å². The van der Waals surface area contributed by atoms with Gasteiger partial charge in [-0.15, -0.1) is 12.4 Å². The number of hydrazine groups is 1. The van der Waals surface area contributed by atoms with E-state index in [1.54, 1.807) is 0 Å². The van der Waals surface area contributed by atoms with E-state index in [9.17, 15) is 14.0 Å². The molecule has 1 aromatic carbocycles. The standard InChI is InChI=1S/C23H30FN3O3.ClH/c24-20-8-4-13-26(20)15-17-5-3-14-27(17)25-21(28)16-9-11-23(12-10-16)19-7-2-1-6-18(19)22(29)30-23;/h1-2,6-7,16-17,20H,3-5,8-15H2,(H,25,28);1H. The number of esters is 1. The van der Waals surface area contributed by atoms with Crippen molar-refractivity contribution in [2.24, 2.45) is 5.92 Å². The van der Waals surface area contributed by atoms with Crippen LogP contribution in [0, 0.1) is 5.92 Å². The summed E-state index contributed by atoms with van der Waals surface area (Å²) in [6.45, 7) is 2.31. The molecule has 1 N–H and O–H groups in total. The molecular formula is C23H31ClFN3O3. The van der Waals surface area contributed by atoms with Crippen LogP contribution in [0.4, 0.5) is 4.39 Å². The molecule has 1 spiro atoms. The number of carbonyl (C=O) groups is 2. The number of alkyl halides is 1. The first-order valence-corrected chi connectivity index (χ1v) is 11.3. The van der Waals surface area contributed by atoms with E-state index in [1.165, 1.54) is 0 Å². The van der Waals surface area contributed by atoms with E-state index in [1.807, 2.05) is 34.2 Å². The molecule has 2 saturated heterocycles. The van der Waals surface area contributed by atoms with Gasteiger partial charge in [-0.05, 0) is 57.4 Å². The Balaban J connectivity index is 0.00000231. The number of rotatable bonds is 4. The maximum Gasteiger partial charge on any atom is 0.339 e. The van der Waals surface area contributed by atoms with Crippen LogP contribution < -0.4 is 5.43 Å². The number of benzene rings is 1. The first kappa shape index (κ1) is 22.5. The maximum atomic E-state index is 14.0. The Morgan fingerprint density at radius 3 is 2.61 bits per heavy atom. The number of hydrogen-bond donors (Lipinski definition) is 1. The summed E-state index contributed by atoms with van der Waals surface area (Å²) in [5, 5.41) is 2.03. The number of fused-ring (bicyclic) bond motifs is 2. The van der Waals surface area contributed by atoms with Crippen LogP contribution in [0.2, 0.25) is 0 Å². The van der Waals surface area contributed by atoms with Gasteiger partial charge in [-0.1, -0.05) is 18.2 Å². The molecule has 3 heterocycles. The number of carbonyl (C=O) groups excluding carboxylic acids is 2. The molecule has 3 fully saturated rings. The number of likely N-dealkylation sites (tertiary alicyclic amines) is 1. The summed E-state index contributed by atoms with van der Waals surface area (Å²) < 4.78 is 19.8. The lowest BCUT2D eigenvalue weighted by Gasteiger charge is -2.37. The van der Waals surface area contributed by atoms with E-state index in [0.29, 0.717) is 44.2 Å². The van der Waals surface area contributed by atoms with Crippen molar-refractivity contribution in [3.63, 3.8) is 0 Å². The first-order chi connectivity index (χ1) is 14.6. The van der Waals surface area contributed by atoms with E-state index >= 15 is 0 Å². The van der Waals surface area contributed by atoms with Crippen LogP contribution in [0.5, 0.6) is 0 Å². The molecule has 8 heteroatoms. The third kappa shape index (κ3) is 4.20. The molecule has 1 aromatic rings. The summed E-state index contributed by atoms with van der Waals surface area (Å²) in [5.41, 5.74) is 4.20. The predicted octanol–water partition coefficient (Wildman–Crippen LogP) is 3.55. The van der Waals surface area contributed by atoms with Gasteiger partial charge in [0.2, 0.25) is 5.91 Å². The monoisotopic (exact) mass is 451 g/mol. The summed E-state index contributed by atoms with van der Waals surface area (Å²) in [5.74, 6) is -0.280. The van der Waals surface area contributed by atoms with Crippen molar-refractivity contribution in [1.29, 1.82) is 0 Å². The normalized spacial score (nSPS) is 33.2. The minimum atomic E-state index is -0.838. The number of nitrogens with zero attached hydrogens (tertiary/aromatic N) is 2. The second-order valence-corrected chi connectivity index (χ2v) is 9.24. The predicted molar refractivity (Wildman–Crippen MR) is 116 cm³/mol. The van der Waals surface area contributed by atoms with Crippen LogP contribution in [0.15, 0.2) is 24.3 Å². The lowest BCUT2D eigenvalue weighted by Crippen LogP contribution is -2.51. The van der Waals surface area contributed by atoms with Crippen molar-refractivity contribution in [3.8, 4) is 0 Å². The summed E-state index contributed by atoms with van der Waals surface area (Å²) in [6.07, 6.45) is 5.46. The molecule has 5 rings (SSSR count). The van der Waals surface area contributed by atoms with Crippen molar-refractivity contribution in [3.05, 3.63) is 35.4 Å². The van der Waals surface area contributed by atoms with Crippen molar-refractivity contribution < 1.29 is 18.7 Å². The Morgan fingerprint density at radius 2 is 1.87 bits per heavy atom. The van der Waals surface area contributed by atoms with E-state index in [-0.39, 0.29) is 36.2 Å². The fraction of sp³-hybridized carbons (Fsp3) is 0.652. The number of hydrogen-bond acceptors (Lipinski definition) is 5. The SMILES string of the molecule is Cl.O=C1OC2(CCC(C(=O)NN3CCCC3CN3CCCC3F)CC2)c2ccccc21. The Labute approximate surface area is 188 Å². The summed E-state index contributed by atoms with van der Waals surface area (Å²) in [6, 6.07) is 7.78. The highest BCUT2D eigenvalue weighted by Gasteiger charge is 2.48. The van der Waals surface area contributed by atoms with Crippen molar-refractivity contribution in [2.75, 3.05) is 19.6 Å². The second kappa shape index (κ2) is 9.04. The number of halogens is 2. The van der Waals surface area contributed by atoms with Gasteiger partial charge in [-0.3, -0.25) is 15.1 Å². The van der Waals surface area contributed by atoms with Crippen LogP contribution >= 0.6 is 12.4 Å². The average Bonchev–Trinajstić information content (AvgIpc) is 3.43. The zero-order valence-corrected chi connectivity index (χ0v) is 18.5. The van der Waals surface area contributed by atoms with E-state index in [2.05, 4.69) is 5.43 Å². The van der Waals surface area contributed by atoms with Crippen LogP contribution in [0.1, 0.15) is 67.3 Å². The summed E-state index contributed by atoms with van der Waals surface area (Å²) >= 11 is 0. The van der Waals surface area contributed by atoms with E-state index < -0.39 is 11.9 Å². The summed E-state index contributed by atoms with van der Waals surface area (Å²) in [4.78, 5) is 27.1. The Kier molecular flexibility index (Phi) is 6.56. The number of amides is 1. The van der Waals surface area contributed by atoms with Gasteiger partial charge < -0.3 is 4.74 Å². The third-order valence-electron chi connectivity index (χ3n) is 7.45. The van der Waals surface area contributed by atoms with Crippen molar-refractivity contribution >= 4 is 24.3 Å². The van der Waals surface area contributed by atoms with Gasteiger partial charge in [0, 0.05) is 37.2 Å². The highest BCUT2D eigenvalue weighted by atomic mass is 35.5. The van der Waals surface area contributed by atoms with Crippen LogP contribution in [0.3, 0.4) is 0 Å². The molecule has 2 unspecified atom stereocenters. The molecule has 3 aliphatic heterocycles. The molecule has 1 saturated carbocycles. The summed E-state index contributed by atoms with van der Waals surface area (Å²) in [7, 11) is 0. The number of ether oxygens (including phenoxy) is 1. The lowest BCUT2D eigenvalue weighted by atomic mass is 9.75. The van der Waals surface area contributed by atoms with Gasteiger partial charge in [0.25, 0.3) is 0 Å². The quantitative estimate of drug-likeness (QED) is 0.560. The van der Waals surface area contributed by atoms with Crippen LogP contribution in [0.25, 0.3) is 0 Å². The molecule has 0 radical (unpaired) electrons. The van der Waals surface area contributed by atoms with Gasteiger partial charge >= 0.3 is 5.97 Å². The highest BCUT2D eigenvalue weighted by molar-refractivity contribution is 5.94. The maximum absolute atomic E-state index is 14.0. The fourth-order valence-corrected chi connectivity index (χ4v) is 5.73. The number of nitrogens with one attached hydrogen (secondary N) is 1. The van der Waals surface area contributed by atoms with Gasteiger partial charge in [0.1, 0.15) is 5.60 Å². The highest BCUT2D eigenvalue weighted by Crippen LogP contribution is 2.48. The molecule has 2 atom stereocenters. The van der Waals surface area contributed by atoms with Gasteiger partial charge in [0.15, 0.2) is 6.30 Å². The zero-order valence-electron chi connectivity index (χ0n) is 17.7. The smallest absolute Gasteiger partial charge is 0.339 e. The molecule has 1 aliphatic carbocycles. The minimum Gasteiger partial charge on any atom is -0.451 e. The molecular weight excluding hydrogens is 421 g/mol. The van der Waals surface area contributed by atoms with Crippen molar-refractivity contribution in [2.45, 2.75) is 69.3 Å². The second-order valence-electron chi connectivity index (χ2n) is 9.24. The topological polar surface area (TPSA) is 61.9 Å². The largest absolute Gasteiger partial charge is 0.451 e. The van der Waals surface area contributed by atoms with E-state index in [0.717, 1.165) is 37.9 Å². The Bertz CT molecular complexity index is 830. The molecule has 6 nitrogen and oxygen atoms in total. The molecule has 0 aromatic heterocycles. The average molecular weight is 452 g/mol. The lowest BCUT2D eigenvalue weighted by molar-refractivity contribution is -0.133. The molecule has 1 amide bonds.